The van der Waals surface area contributed by atoms with Gasteiger partial charge in [0.05, 0.1) is 11.4 Å². The molecule has 0 aliphatic carbocycles. The Bertz CT molecular complexity index is 790. The predicted molar refractivity (Wildman–Crippen MR) is 96.3 cm³/mol. The first-order valence-corrected chi connectivity index (χ1v) is 8.14. The number of hydrogen-bond acceptors (Lipinski definition) is 2. The summed E-state index contributed by atoms with van der Waals surface area (Å²) < 4.78 is 14.4. The fourth-order valence-corrected chi connectivity index (χ4v) is 2.54. The van der Waals surface area contributed by atoms with E-state index in [9.17, 15) is 14.0 Å². The predicted octanol–water partition coefficient (Wildman–Crippen LogP) is 4.50. The minimum Gasteiger partial charge on any atom is -0.324 e. The number of amides is 2. The molecule has 0 fully saturated rings. The molecule has 0 bridgehead atoms. The van der Waals surface area contributed by atoms with Crippen LogP contribution in [-0.2, 0) is 9.59 Å². The molecule has 2 amide bonds. The first kappa shape index (κ1) is 18.1. The molecule has 0 aromatic heterocycles. The smallest absolute Gasteiger partial charge is 0.239 e. The molecule has 126 valence electrons. The van der Waals surface area contributed by atoms with Crippen LogP contribution in [0.25, 0.3) is 0 Å². The van der Waals surface area contributed by atoms with Gasteiger partial charge in [-0.15, -0.1) is 0 Å². The molecule has 0 saturated carbocycles. The van der Waals surface area contributed by atoms with Gasteiger partial charge in [0.15, 0.2) is 0 Å². The molecule has 0 spiro atoms. The highest BCUT2D eigenvalue weighted by atomic mass is 79.9. The van der Waals surface area contributed by atoms with Gasteiger partial charge in [-0.1, -0.05) is 18.2 Å². The van der Waals surface area contributed by atoms with E-state index in [0.29, 0.717) is 5.69 Å². The van der Waals surface area contributed by atoms with E-state index in [1.807, 2.05) is 19.1 Å². The van der Waals surface area contributed by atoms with Crippen molar-refractivity contribution in [2.75, 3.05) is 10.6 Å². The molecule has 6 heteroatoms. The van der Waals surface area contributed by atoms with E-state index in [-0.39, 0.29) is 5.69 Å². The molecule has 0 aliphatic heterocycles. The lowest BCUT2D eigenvalue weighted by atomic mass is 9.90. The van der Waals surface area contributed by atoms with Crippen molar-refractivity contribution in [3.63, 3.8) is 0 Å². The van der Waals surface area contributed by atoms with Gasteiger partial charge in [-0.3, -0.25) is 9.59 Å². The number of halogens is 2. The van der Waals surface area contributed by atoms with Crippen LogP contribution in [-0.4, -0.2) is 11.8 Å². The minimum atomic E-state index is -1.38. The van der Waals surface area contributed by atoms with E-state index in [4.69, 9.17) is 0 Å². The van der Waals surface area contributed by atoms with Crippen molar-refractivity contribution < 1.29 is 14.0 Å². The topological polar surface area (TPSA) is 58.2 Å². The Labute approximate surface area is 148 Å². The van der Waals surface area contributed by atoms with E-state index in [0.717, 1.165) is 10.0 Å². The molecule has 0 unspecified atom stereocenters. The van der Waals surface area contributed by atoms with Crippen LogP contribution in [0.4, 0.5) is 15.8 Å². The standard InChI is InChI=1S/C18H18BrFN2O2/c1-11-8-9-14(12(19)10-11)21-16(23)18(2,3)17(24)22-15-7-5-4-6-13(15)20/h4-10H,1-3H3,(H,21,23)(H,22,24). The van der Waals surface area contributed by atoms with Gasteiger partial charge in [0.2, 0.25) is 11.8 Å². The van der Waals surface area contributed by atoms with Crippen molar-refractivity contribution in [3.05, 3.63) is 58.3 Å². The molecular formula is C18H18BrFN2O2. The van der Waals surface area contributed by atoms with Crippen LogP contribution < -0.4 is 10.6 Å². The van der Waals surface area contributed by atoms with Crippen LogP contribution in [0.15, 0.2) is 46.9 Å². The summed E-state index contributed by atoms with van der Waals surface area (Å²) in [4.78, 5) is 24.9. The van der Waals surface area contributed by atoms with Gasteiger partial charge in [0.25, 0.3) is 0 Å². The van der Waals surface area contributed by atoms with E-state index in [1.165, 1.54) is 32.0 Å². The van der Waals surface area contributed by atoms with Gasteiger partial charge in [-0.2, -0.15) is 0 Å². The Hall–Kier alpha value is -2.21. The fraction of sp³-hybridized carbons (Fsp3) is 0.222. The summed E-state index contributed by atoms with van der Waals surface area (Å²) in [6.07, 6.45) is 0. The van der Waals surface area contributed by atoms with Gasteiger partial charge < -0.3 is 10.6 Å². The summed E-state index contributed by atoms with van der Waals surface area (Å²) in [6.45, 7) is 4.91. The third kappa shape index (κ3) is 4.00. The monoisotopic (exact) mass is 392 g/mol. The molecule has 4 nitrogen and oxygen atoms in total. The normalized spacial score (nSPS) is 11.0. The fourth-order valence-electron chi connectivity index (χ4n) is 1.94. The molecular weight excluding hydrogens is 375 g/mol. The second-order valence-corrected chi connectivity index (χ2v) is 6.85. The molecule has 0 atom stereocenters. The number of carbonyl (C=O) groups is 2. The third-order valence-electron chi connectivity index (χ3n) is 3.63. The Morgan fingerprint density at radius 1 is 1.00 bits per heavy atom. The summed E-state index contributed by atoms with van der Waals surface area (Å²) in [6, 6.07) is 11.3. The molecule has 24 heavy (non-hydrogen) atoms. The number of hydrogen-bond donors (Lipinski definition) is 2. The molecule has 0 radical (unpaired) electrons. The van der Waals surface area contributed by atoms with E-state index in [1.54, 1.807) is 12.1 Å². The minimum absolute atomic E-state index is 0.0416. The summed E-state index contributed by atoms with van der Waals surface area (Å²) in [7, 11) is 0. The van der Waals surface area contributed by atoms with Crippen molar-refractivity contribution in [2.45, 2.75) is 20.8 Å². The Morgan fingerprint density at radius 2 is 1.58 bits per heavy atom. The van der Waals surface area contributed by atoms with Crippen molar-refractivity contribution in [3.8, 4) is 0 Å². The summed E-state index contributed by atoms with van der Waals surface area (Å²) in [5.41, 5.74) is 0.265. The maximum Gasteiger partial charge on any atom is 0.239 e. The average molecular weight is 393 g/mol. The van der Waals surface area contributed by atoms with Crippen molar-refractivity contribution >= 4 is 39.1 Å². The Balaban J connectivity index is 2.14. The number of anilines is 2. The highest BCUT2D eigenvalue weighted by molar-refractivity contribution is 9.10. The van der Waals surface area contributed by atoms with Gasteiger partial charge in [-0.05, 0) is 66.5 Å². The third-order valence-corrected chi connectivity index (χ3v) is 4.29. The molecule has 2 aromatic rings. The van der Waals surface area contributed by atoms with Crippen LogP contribution in [0.5, 0.6) is 0 Å². The lowest BCUT2D eigenvalue weighted by Gasteiger charge is -2.23. The van der Waals surface area contributed by atoms with Crippen molar-refractivity contribution in [1.82, 2.24) is 0 Å². The van der Waals surface area contributed by atoms with Crippen LogP contribution in [0, 0.1) is 18.2 Å². The molecule has 0 aliphatic rings. The van der Waals surface area contributed by atoms with E-state index >= 15 is 0 Å². The maximum atomic E-state index is 13.7. The first-order chi connectivity index (χ1) is 11.2. The number of aryl methyl sites for hydroxylation is 1. The van der Waals surface area contributed by atoms with Crippen LogP contribution in [0.3, 0.4) is 0 Å². The highest BCUT2D eigenvalue weighted by Gasteiger charge is 2.36. The second kappa shape index (κ2) is 7.13. The first-order valence-electron chi connectivity index (χ1n) is 7.35. The number of benzene rings is 2. The second-order valence-electron chi connectivity index (χ2n) is 6.00. The summed E-state index contributed by atoms with van der Waals surface area (Å²) >= 11 is 3.38. The Kier molecular flexibility index (Phi) is 5.39. The van der Waals surface area contributed by atoms with Crippen LogP contribution >= 0.6 is 15.9 Å². The molecule has 2 N–H and O–H groups in total. The number of nitrogens with one attached hydrogen (secondary N) is 2. The zero-order valence-electron chi connectivity index (χ0n) is 13.6. The number of para-hydroxylation sites is 1. The van der Waals surface area contributed by atoms with Crippen molar-refractivity contribution in [2.24, 2.45) is 5.41 Å². The van der Waals surface area contributed by atoms with Crippen molar-refractivity contribution in [1.29, 1.82) is 0 Å². The molecule has 2 aromatic carbocycles. The maximum absolute atomic E-state index is 13.7. The number of rotatable bonds is 4. The number of carbonyl (C=O) groups excluding carboxylic acids is 2. The van der Waals surface area contributed by atoms with Crippen LogP contribution in [0.2, 0.25) is 0 Å². The van der Waals surface area contributed by atoms with Gasteiger partial charge >= 0.3 is 0 Å². The van der Waals surface area contributed by atoms with Gasteiger partial charge in [-0.25, -0.2) is 4.39 Å². The molecule has 0 saturated heterocycles. The zero-order chi connectivity index (χ0) is 17.9. The highest BCUT2D eigenvalue weighted by Crippen LogP contribution is 2.27. The SMILES string of the molecule is Cc1ccc(NC(=O)C(C)(C)C(=O)Nc2ccccc2F)c(Br)c1. The lowest BCUT2D eigenvalue weighted by molar-refractivity contribution is -0.135. The average Bonchev–Trinajstić information content (AvgIpc) is 2.52. The summed E-state index contributed by atoms with van der Waals surface area (Å²) in [5, 5.41) is 5.17. The van der Waals surface area contributed by atoms with E-state index in [2.05, 4.69) is 26.6 Å². The van der Waals surface area contributed by atoms with Gasteiger partial charge in [0, 0.05) is 4.47 Å². The quantitative estimate of drug-likeness (QED) is 0.752. The van der Waals surface area contributed by atoms with Crippen LogP contribution in [0.1, 0.15) is 19.4 Å². The van der Waals surface area contributed by atoms with E-state index < -0.39 is 23.0 Å². The van der Waals surface area contributed by atoms with Gasteiger partial charge in [0.1, 0.15) is 11.2 Å². The Morgan fingerprint density at radius 3 is 2.17 bits per heavy atom. The molecule has 0 heterocycles. The zero-order valence-corrected chi connectivity index (χ0v) is 15.2. The molecule has 2 rings (SSSR count). The lowest BCUT2D eigenvalue weighted by Crippen LogP contribution is -2.41. The largest absolute Gasteiger partial charge is 0.324 e. The summed E-state index contributed by atoms with van der Waals surface area (Å²) in [5.74, 6) is -1.63.